The molecule has 2 aromatic heterocycles. The summed E-state index contributed by atoms with van der Waals surface area (Å²) in [6, 6.07) is 10.2. The van der Waals surface area contributed by atoms with E-state index in [9.17, 15) is 9.59 Å². The number of pyridine rings is 1. The maximum Gasteiger partial charge on any atom is 0.279 e. The van der Waals surface area contributed by atoms with Gasteiger partial charge >= 0.3 is 0 Å². The van der Waals surface area contributed by atoms with Gasteiger partial charge in [-0.15, -0.1) is 0 Å². The fourth-order valence-electron chi connectivity index (χ4n) is 3.37. The van der Waals surface area contributed by atoms with Crippen LogP contribution in [-0.4, -0.2) is 39.6 Å². The summed E-state index contributed by atoms with van der Waals surface area (Å²) in [7, 11) is 1.52. The van der Waals surface area contributed by atoms with Gasteiger partial charge in [-0.05, 0) is 37.3 Å². The van der Waals surface area contributed by atoms with Crippen LogP contribution in [0.5, 0.6) is 5.88 Å². The molecule has 1 amide bonds. The van der Waals surface area contributed by atoms with Gasteiger partial charge in [0.25, 0.3) is 5.91 Å². The van der Waals surface area contributed by atoms with E-state index in [-0.39, 0.29) is 17.7 Å². The van der Waals surface area contributed by atoms with E-state index in [0.29, 0.717) is 40.6 Å². The summed E-state index contributed by atoms with van der Waals surface area (Å²) >= 11 is 0. The smallest absolute Gasteiger partial charge is 0.279 e. The number of ether oxygens (including phenoxy) is 1. The second kappa shape index (κ2) is 6.80. The highest BCUT2D eigenvalue weighted by molar-refractivity contribution is 6.11. The number of nitrogens with zero attached hydrogens (tertiary/aromatic N) is 4. The Balaban J connectivity index is 1.60. The van der Waals surface area contributed by atoms with E-state index in [1.165, 1.54) is 19.5 Å². The molecule has 0 aliphatic carbocycles. The van der Waals surface area contributed by atoms with Crippen molar-refractivity contribution in [3.63, 3.8) is 0 Å². The van der Waals surface area contributed by atoms with Crippen LogP contribution in [0, 0.1) is 0 Å². The molecule has 1 atom stereocenters. The summed E-state index contributed by atoms with van der Waals surface area (Å²) in [4.78, 5) is 31.3. The van der Waals surface area contributed by atoms with Gasteiger partial charge < -0.3 is 15.4 Å². The first-order valence-electron chi connectivity index (χ1n) is 8.79. The highest BCUT2D eigenvalue weighted by Crippen LogP contribution is 2.28. The first-order chi connectivity index (χ1) is 13.5. The van der Waals surface area contributed by atoms with Crippen molar-refractivity contribution in [1.82, 2.24) is 14.8 Å². The maximum absolute atomic E-state index is 12.9. The van der Waals surface area contributed by atoms with E-state index < -0.39 is 0 Å². The molecule has 142 valence electrons. The Hall–Kier alpha value is -3.68. The number of fused-ring (bicyclic) bond motifs is 1. The zero-order valence-corrected chi connectivity index (χ0v) is 15.5. The molecule has 0 bridgehead atoms. The number of hydrogen-bond donors (Lipinski definition) is 1. The SMILES string of the molecule is COc1ccc(C(=O)c2ccc(N3C(=O)c4c(N)cnn4CC3C)cc2)cn1. The van der Waals surface area contributed by atoms with Gasteiger partial charge in [-0.2, -0.15) is 5.10 Å². The molecule has 4 rings (SSSR count). The molecular formula is C20H19N5O3. The van der Waals surface area contributed by atoms with Crippen molar-refractivity contribution in [2.75, 3.05) is 17.7 Å². The quantitative estimate of drug-likeness (QED) is 0.699. The van der Waals surface area contributed by atoms with Gasteiger partial charge in [0.2, 0.25) is 5.88 Å². The Kier molecular flexibility index (Phi) is 4.31. The highest BCUT2D eigenvalue weighted by atomic mass is 16.5. The molecule has 28 heavy (non-hydrogen) atoms. The lowest BCUT2D eigenvalue weighted by Gasteiger charge is -2.34. The number of carbonyl (C=O) groups is 2. The molecule has 0 fully saturated rings. The second-order valence-corrected chi connectivity index (χ2v) is 6.62. The summed E-state index contributed by atoms with van der Waals surface area (Å²) in [5.74, 6) is 0.0947. The van der Waals surface area contributed by atoms with Gasteiger partial charge in [0.05, 0.1) is 31.6 Å². The van der Waals surface area contributed by atoms with Crippen LogP contribution in [0.3, 0.4) is 0 Å². The van der Waals surface area contributed by atoms with Crippen LogP contribution in [0.25, 0.3) is 0 Å². The number of nitrogens with two attached hydrogens (primary N) is 1. The average Bonchev–Trinajstić information content (AvgIpc) is 3.08. The number of methoxy groups -OCH3 is 1. The molecule has 0 saturated carbocycles. The standard InChI is InChI=1S/C20H19N5O3/c1-12-11-24-18(16(21)10-23-24)20(27)25(12)15-6-3-13(4-7-15)19(26)14-5-8-17(28-2)22-9-14/h3-10,12H,11,21H2,1-2H3. The minimum atomic E-state index is -0.202. The number of benzene rings is 1. The topological polar surface area (TPSA) is 103 Å². The molecule has 2 N–H and O–H groups in total. The minimum Gasteiger partial charge on any atom is -0.481 e. The van der Waals surface area contributed by atoms with Crippen LogP contribution in [-0.2, 0) is 6.54 Å². The van der Waals surface area contributed by atoms with Crippen molar-refractivity contribution in [3.8, 4) is 5.88 Å². The zero-order chi connectivity index (χ0) is 19.8. The van der Waals surface area contributed by atoms with Crippen LogP contribution < -0.4 is 15.4 Å². The number of hydrogen-bond acceptors (Lipinski definition) is 6. The Morgan fingerprint density at radius 2 is 1.86 bits per heavy atom. The lowest BCUT2D eigenvalue weighted by atomic mass is 10.0. The van der Waals surface area contributed by atoms with Gasteiger partial charge in [-0.1, -0.05) is 0 Å². The minimum absolute atomic E-state index is 0.0911. The lowest BCUT2D eigenvalue weighted by molar-refractivity contribution is 0.0947. The van der Waals surface area contributed by atoms with E-state index in [1.807, 2.05) is 6.92 Å². The molecule has 1 unspecified atom stereocenters. The van der Waals surface area contributed by atoms with Gasteiger partial charge in [-0.25, -0.2) is 4.98 Å². The van der Waals surface area contributed by atoms with Crippen LogP contribution in [0.2, 0.25) is 0 Å². The fourth-order valence-corrected chi connectivity index (χ4v) is 3.37. The number of amides is 1. The molecule has 0 spiro atoms. The van der Waals surface area contributed by atoms with Crippen molar-refractivity contribution in [1.29, 1.82) is 0 Å². The second-order valence-electron chi connectivity index (χ2n) is 6.62. The first kappa shape index (κ1) is 17.7. The van der Waals surface area contributed by atoms with Gasteiger partial charge in [0.15, 0.2) is 5.78 Å². The maximum atomic E-state index is 12.9. The summed E-state index contributed by atoms with van der Waals surface area (Å²) < 4.78 is 6.64. The zero-order valence-electron chi connectivity index (χ0n) is 15.5. The van der Waals surface area contributed by atoms with Crippen molar-refractivity contribution in [2.24, 2.45) is 0 Å². The number of aromatic nitrogens is 3. The Morgan fingerprint density at radius 1 is 1.14 bits per heavy atom. The van der Waals surface area contributed by atoms with E-state index in [4.69, 9.17) is 10.5 Å². The lowest BCUT2D eigenvalue weighted by Crippen LogP contribution is -2.47. The van der Waals surface area contributed by atoms with E-state index in [2.05, 4.69) is 10.1 Å². The summed E-state index contributed by atoms with van der Waals surface area (Å²) in [5.41, 5.74) is 8.33. The molecule has 3 aromatic rings. The van der Waals surface area contributed by atoms with Gasteiger partial charge in [0, 0.05) is 29.1 Å². The summed E-state index contributed by atoms with van der Waals surface area (Å²) in [6.07, 6.45) is 2.98. The third kappa shape index (κ3) is 2.88. The number of rotatable bonds is 4. The molecule has 1 aliphatic heterocycles. The average molecular weight is 377 g/mol. The van der Waals surface area contributed by atoms with E-state index >= 15 is 0 Å². The molecule has 0 saturated heterocycles. The highest BCUT2D eigenvalue weighted by Gasteiger charge is 2.33. The van der Waals surface area contributed by atoms with Crippen molar-refractivity contribution in [2.45, 2.75) is 19.5 Å². The van der Waals surface area contributed by atoms with Crippen molar-refractivity contribution in [3.05, 3.63) is 65.6 Å². The number of carbonyl (C=O) groups excluding carboxylic acids is 2. The van der Waals surface area contributed by atoms with Crippen LogP contribution in [0.1, 0.15) is 33.3 Å². The predicted molar refractivity (Wildman–Crippen MR) is 104 cm³/mol. The summed E-state index contributed by atoms with van der Waals surface area (Å²) in [6.45, 7) is 2.50. The van der Waals surface area contributed by atoms with Crippen LogP contribution in [0.15, 0.2) is 48.8 Å². The molecule has 1 aromatic carbocycles. The Labute approximate surface area is 161 Å². The van der Waals surface area contributed by atoms with Crippen molar-refractivity contribution >= 4 is 23.1 Å². The molecule has 1 aliphatic rings. The fraction of sp³-hybridized carbons (Fsp3) is 0.200. The first-order valence-corrected chi connectivity index (χ1v) is 8.79. The molecular weight excluding hydrogens is 358 g/mol. The van der Waals surface area contributed by atoms with Crippen LogP contribution >= 0.6 is 0 Å². The van der Waals surface area contributed by atoms with Gasteiger partial charge in [-0.3, -0.25) is 14.3 Å². The number of anilines is 2. The molecule has 8 nitrogen and oxygen atoms in total. The largest absolute Gasteiger partial charge is 0.481 e. The van der Waals surface area contributed by atoms with Crippen LogP contribution in [0.4, 0.5) is 11.4 Å². The normalized spacial score (nSPS) is 16.0. The molecule has 3 heterocycles. The summed E-state index contributed by atoms with van der Waals surface area (Å²) in [5, 5.41) is 4.15. The third-order valence-electron chi connectivity index (χ3n) is 4.78. The van der Waals surface area contributed by atoms with Gasteiger partial charge in [0.1, 0.15) is 5.69 Å². The Bertz CT molecular complexity index is 1040. The molecule has 0 radical (unpaired) electrons. The third-order valence-corrected chi connectivity index (χ3v) is 4.78. The predicted octanol–water partition coefficient (Wildman–Crippen LogP) is 2.15. The Morgan fingerprint density at radius 3 is 2.50 bits per heavy atom. The monoisotopic (exact) mass is 377 g/mol. The van der Waals surface area contributed by atoms with E-state index in [0.717, 1.165) is 0 Å². The van der Waals surface area contributed by atoms with E-state index in [1.54, 1.807) is 46.0 Å². The molecule has 8 heteroatoms. The number of ketones is 1. The van der Waals surface area contributed by atoms with Crippen molar-refractivity contribution < 1.29 is 14.3 Å². The number of nitrogen functional groups attached to an aromatic ring is 1.